The van der Waals surface area contributed by atoms with Gasteiger partial charge in [0.25, 0.3) is 10.0 Å². The predicted molar refractivity (Wildman–Crippen MR) is 132 cm³/mol. The van der Waals surface area contributed by atoms with Crippen molar-refractivity contribution in [2.45, 2.75) is 49.7 Å². The Bertz CT molecular complexity index is 1360. The van der Waals surface area contributed by atoms with E-state index in [1.54, 1.807) is 23.2 Å². The highest BCUT2D eigenvalue weighted by Gasteiger charge is 2.40. The SMILES string of the molecule is CC(C)(C)c1ccc(S(=O)(=O)N2CC(N3C(N)=Nc4[nH]ncc4C3N)Cc3ccccc32)cc1. The molecule has 0 saturated carbocycles. The van der Waals surface area contributed by atoms with Crippen molar-refractivity contribution in [2.75, 3.05) is 10.8 Å². The lowest BCUT2D eigenvalue weighted by atomic mass is 9.87. The summed E-state index contributed by atoms with van der Waals surface area (Å²) in [6, 6.07) is 14.4. The molecule has 34 heavy (non-hydrogen) atoms. The van der Waals surface area contributed by atoms with Crippen LogP contribution in [0.1, 0.15) is 43.6 Å². The van der Waals surface area contributed by atoms with Gasteiger partial charge in [0.15, 0.2) is 11.8 Å². The summed E-state index contributed by atoms with van der Waals surface area (Å²) in [5.74, 6) is 0.765. The first-order chi connectivity index (χ1) is 16.1. The maximum atomic E-state index is 13.9. The van der Waals surface area contributed by atoms with Crippen LogP contribution in [0.5, 0.6) is 0 Å². The molecule has 0 bridgehead atoms. The number of hydrogen-bond donors (Lipinski definition) is 3. The fraction of sp³-hybridized carbons (Fsp3) is 0.333. The van der Waals surface area contributed by atoms with Crippen molar-refractivity contribution < 1.29 is 8.42 Å². The Morgan fingerprint density at radius 3 is 2.50 bits per heavy atom. The fourth-order valence-corrected chi connectivity index (χ4v) is 6.22. The van der Waals surface area contributed by atoms with Crippen LogP contribution in [0.3, 0.4) is 0 Å². The third-order valence-corrected chi connectivity index (χ3v) is 8.34. The largest absolute Gasteiger partial charge is 0.369 e. The summed E-state index contributed by atoms with van der Waals surface area (Å²) in [5.41, 5.74) is 16.1. The highest BCUT2D eigenvalue weighted by atomic mass is 32.2. The van der Waals surface area contributed by atoms with Crippen molar-refractivity contribution in [1.82, 2.24) is 15.1 Å². The molecule has 178 valence electrons. The molecular formula is C24H29N7O2S. The zero-order valence-electron chi connectivity index (χ0n) is 19.4. The van der Waals surface area contributed by atoms with Crippen LogP contribution in [0.4, 0.5) is 11.5 Å². The molecule has 0 radical (unpaired) electrons. The fourth-order valence-electron chi connectivity index (χ4n) is 4.68. The lowest BCUT2D eigenvalue weighted by molar-refractivity contribution is 0.233. The molecule has 0 spiro atoms. The third-order valence-electron chi connectivity index (χ3n) is 6.55. The topological polar surface area (TPSA) is 134 Å². The number of aliphatic imine (C=N–C) groups is 1. The van der Waals surface area contributed by atoms with Crippen molar-refractivity contribution in [3.63, 3.8) is 0 Å². The zero-order valence-corrected chi connectivity index (χ0v) is 20.2. The molecule has 3 aromatic rings. The quantitative estimate of drug-likeness (QED) is 0.529. The Morgan fingerprint density at radius 2 is 1.79 bits per heavy atom. The first kappa shape index (κ1) is 22.4. The van der Waals surface area contributed by atoms with Crippen molar-refractivity contribution in [3.8, 4) is 0 Å². The normalized spacial score (nSPS) is 20.5. The van der Waals surface area contributed by atoms with E-state index in [1.807, 2.05) is 36.4 Å². The number of fused-ring (bicyclic) bond motifs is 2. The smallest absolute Gasteiger partial charge is 0.264 e. The van der Waals surface area contributed by atoms with Crippen molar-refractivity contribution in [1.29, 1.82) is 0 Å². The molecule has 0 amide bonds. The summed E-state index contributed by atoms with van der Waals surface area (Å²) < 4.78 is 29.2. The summed E-state index contributed by atoms with van der Waals surface area (Å²) in [7, 11) is -3.83. The Hall–Kier alpha value is -3.37. The van der Waals surface area contributed by atoms with E-state index in [2.05, 4.69) is 36.0 Å². The molecule has 3 heterocycles. The minimum Gasteiger partial charge on any atom is -0.369 e. The average molecular weight is 480 g/mol. The minimum absolute atomic E-state index is 0.0711. The maximum Gasteiger partial charge on any atom is 0.264 e. The number of sulfonamides is 1. The van der Waals surface area contributed by atoms with Crippen LogP contribution >= 0.6 is 0 Å². The van der Waals surface area contributed by atoms with Crippen molar-refractivity contribution >= 4 is 27.5 Å². The van der Waals surface area contributed by atoms with E-state index in [1.165, 1.54) is 4.31 Å². The number of nitrogens with two attached hydrogens (primary N) is 2. The number of anilines is 1. The second-order valence-corrected chi connectivity index (χ2v) is 11.7. The van der Waals surface area contributed by atoms with E-state index in [-0.39, 0.29) is 28.9 Å². The van der Waals surface area contributed by atoms with Gasteiger partial charge in [-0.3, -0.25) is 9.40 Å². The first-order valence-electron chi connectivity index (χ1n) is 11.2. The molecule has 1 aromatic heterocycles. The van der Waals surface area contributed by atoms with E-state index in [9.17, 15) is 8.42 Å². The van der Waals surface area contributed by atoms with Gasteiger partial charge in [0.05, 0.1) is 34.9 Å². The number of aromatic amines is 1. The van der Waals surface area contributed by atoms with Gasteiger partial charge in [-0.1, -0.05) is 51.1 Å². The molecule has 0 saturated heterocycles. The van der Waals surface area contributed by atoms with Crippen LogP contribution in [0.15, 0.2) is 64.6 Å². The number of rotatable bonds is 3. The number of H-pyrrole nitrogens is 1. The minimum atomic E-state index is -3.83. The second-order valence-electron chi connectivity index (χ2n) is 9.79. The summed E-state index contributed by atoms with van der Waals surface area (Å²) >= 11 is 0. The number of guanidine groups is 1. The highest BCUT2D eigenvalue weighted by molar-refractivity contribution is 7.92. The molecule has 2 aromatic carbocycles. The van der Waals surface area contributed by atoms with E-state index >= 15 is 0 Å². The third kappa shape index (κ3) is 3.63. The molecular weight excluding hydrogens is 450 g/mol. The van der Waals surface area contributed by atoms with Crippen LogP contribution in [-0.2, 0) is 21.9 Å². The second kappa shape index (κ2) is 7.85. The molecule has 2 atom stereocenters. The van der Waals surface area contributed by atoms with Gasteiger partial charge >= 0.3 is 0 Å². The lowest BCUT2D eigenvalue weighted by Gasteiger charge is -2.44. The first-order valence-corrected chi connectivity index (χ1v) is 12.6. The number of aromatic nitrogens is 2. The summed E-state index contributed by atoms with van der Waals surface area (Å²) in [6.45, 7) is 6.49. The number of benzene rings is 2. The summed E-state index contributed by atoms with van der Waals surface area (Å²) in [6.07, 6.45) is 1.63. The van der Waals surface area contributed by atoms with Crippen LogP contribution in [0.25, 0.3) is 0 Å². The number of para-hydroxylation sites is 1. The van der Waals surface area contributed by atoms with Gasteiger partial charge in [-0.15, -0.1) is 0 Å². The lowest BCUT2D eigenvalue weighted by Crippen LogP contribution is -2.57. The molecule has 0 fully saturated rings. The standard InChI is InChI=1S/C24H29N7O2S/c1-24(2,3)16-8-10-18(11-9-16)34(32,33)30-14-17(12-15-6-4-5-7-20(15)30)31-21(25)19-13-27-29-22(19)28-23(31)26/h4-11,13,17,21H,12,14,25H2,1-3H3,(H3,26,27,28,29). The Balaban J connectivity index is 1.54. The van der Waals surface area contributed by atoms with Crippen LogP contribution in [-0.4, -0.2) is 42.1 Å². The van der Waals surface area contributed by atoms with Gasteiger partial charge in [-0.25, -0.2) is 8.42 Å². The van der Waals surface area contributed by atoms with E-state index in [4.69, 9.17) is 11.5 Å². The molecule has 2 unspecified atom stereocenters. The van der Waals surface area contributed by atoms with Gasteiger partial charge in [-0.05, 0) is 41.2 Å². The van der Waals surface area contributed by atoms with Gasteiger partial charge in [0, 0.05) is 0 Å². The van der Waals surface area contributed by atoms with Gasteiger partial charge < -0.3 is 16.4 Å². The number of hydrogen-bond acceptors (Lipinski definition) is 7. The number of nitrogens with zero attached hydrogens (tertiary/aromatic N) is 4. The zero-order chi connectivity index (χ0) is 24.3. The summed E-state index contributed by atoms with van der Waals surface area (Å²) in [5, 5.41) is 6.82. The van der Waals surface area contributed by atoms with E-state index in [0.29, 0.717) is 17.9 Å². The molecule has 2 aliphatic heterocycles. The highest BCUT2D eigenvalue weighted by Crippen LogP contribution is 2.37. The van der Waals surface area contributed by atoms with Crippen LogP contribution in [0, 0.1) is 0 Å². The Morgan fingerprint density at radius 1 is 1.09 bits per heavy atom. The van der Waals surface area contributed by atoms with Gasteiger partial charge in [-0.2, -0.15) is 10.1 Å². The maximum absolute atomic E-state index is 13.9. The monoisotopic (exact) mass is 479 g/mol. The van der Waals surface area contributed by atoms with E-state index < -0.39 is 16.2 Å². The molecule has 9 nitrogen and oxygen atoms in total. The predicted octanol–water partition coefficient (Wildman–Crippen LogP) is 2.75. The van der Waals surface area contributed by atoms with Gasteiger partial charge in [0.1, 0.15) is 6.17 Å². The molecule has 2 aliphatic rings. The molecule has 5 N–H and O–H groups in total. The Labute approximate surface area is 199 Å². The van der Waals surface area contributed by atoms with Crippen molar-refractivity contribution in [2.24, 2.45) is 16.5 Å². The Kier molecular flexibility index (Phi) is 5.18. The number of nitrogens with one attached hydrogen (secondary N) is 1. The molecule has 10 heteroatoms. The summed E-state index contributed by atoms with van der Waals surface area (Å²) in [4.78, 5) is 6.44. The van der Waals surface area contributed by atoms with E-state index in [0.717, 1.165) is 16.7 Å². The van der Waals surface area contributed by atoms with Crippen LogP contribution in [0.2, 0.25) is 0 Å². The van der Waals surface area contributed by atoms with Crippen LogP contribution < -0.4 is 15.8 Å². The average Bonchev–Trinajstić information content (AvgIpc) is 3.27. The molecule has 0 aliphatic carbocycles. The molecule has 5 rings (SSSR count). The van der Waals surface area contributed by atoms with Gasteiger partial charge in [0.2, 0.25) is 0 Å². The van der Waals surface area contributed by atoms with Crippen molar-refractivity contribution in [3.05, 3.63) is 71.4 Å².